The summed E-state index contributed by atoms with van der Waals surface area (Å²) in [7, 11) is 0. The molecule has 0 bridgehead atoms. The minimum absolute atomic E-state index is 0.134. The molecule has 140 valence electrons. The SMILES string of the molecule is O=C(CCCC(=O)N/N=C\C1CCCCC1)N/N=C\C1CCCCC1. The van der Waals surface area contributed by atoms with Gasteiger partial charge in [-0.2, -0.15) is 10.2 Å². The first-order chi connectivity index (χ1) is 12.2. The summed E-state index contributed by atoms with van der Waals surface area (Å²) >= 11 is 0. The Balaban J connectivity index is 1.50. The van der Waals surface area contributed by atoms with Crippen LogP contribution in [0.15, 0.2) is 10.2 Å². The van der Waals surface area contributed by atoms with Gasteiger partial charge in [-0.1, -0.05) is 38.5 Å². The molecule has 25 heavy (non-hydrogen) atoms. The average Bonchev–Trinajstić information content (AvgIpc) is 2.63. The standard InChI is InChI=1S/C19H32N4O2/c24-18(22-20-14-16-8-3-1-4-9-16)12-7-13-19(25)23-21-15-17-10-5-2-6-11-17/h14-17H,1-13H2,(H,22,24)(H,23,25)/b20-14-,21-15-. The normalized spacial score (nSPS) is 20.2. The van der Waals surface area contributed by atoms with Crippen LogP contribution in [-0.2, 0) is 9.59 Å². The zero-order valence-corrected chi connectivity index (χ0v) is 15.2. The van der Waals surface area contributed by atoms with Gasteiger partial charge in [0.05, 0.1) is 0 Å². The predicted octanol–water partition coefficient (Wildman–Crippen LogP) is 3.52. The van der Waals surface area contributed by atoms with Crippen LogP contribution in [0.5, 0.6) is 0 Å². The molecule has 0 saturated heterocycles. The molecule has 0 spiro atoms. The second-order valence-corrected chi connectivity index (χ2v) is 7.28. The molecule has 2 fully saturated rings. The molecule has 2 amide bonds. The fourth-order valence-corrected chi connectivity index (χ4v) is 3.52. The average molecular weight is 348 g/mol. The topological polar surface area (TPSA) is 82.9 Å². The first kappa shape index (κ1) is 19.6. The molecule has 2 N–H and O–H groups in total. The summed E-state index contributed by atoms with van der Waals surface area (Å²) in [6.07, 6.45) is 17.2. The molecule has 0 aromatic heterocycles. The van der Waals surface area contributed by atoms with Crippen LogP contribution < -0.4 is 10.9 Å². The van der Waals surface area contributed by atoms with Gasteiger partial charge < -0.3 is 0 Å². The first-order valence-corrected chi connectivity index (χ1v) is 9.88. The van der Waals surface area contributed by atoms with E-state index >= 15 is 0 Å². The Morgan fingerprint density at radius 1 is 0.720 bits per heavy atom. The first-order valence-electron chi connectivity index (χ1n) is 9.88. The molecule has 2 rings (SSSR count). The van der Waals surface area contributed by atoms with Crippen molar-refractivity contribution < 1.29 is 9.59 Å². The quantitative estimate of drug-likeness (QED) is 0.519. The van der Waals surface area contributed by atoms with E-state index in [1.807, 2.05) is 12.4 Å². The van der Waals surface area contributed by atoms with E-state index in [0.717, 1.165) is 0 Å². The maximum atomic E-state index is 11.7. The lowest BCUT2D eigenvalue weighted by Crippen LogP contribution is -2.21. The zero-order chi connectivity index (χ0) is 17.7. The van der Waals surface area contributed by atoms with Crippen molar-refractivity contribution >= 4 is 24.2 Å². The number of carbonyl (C=O) groups excluding carboxylic acids is 2. The van der Waals surface area contributed by atoms with Gasteiger partial charge in [-0.25, -0.2) is 10.9 Å². The third-order valence-corrected chi connectivity index (χ3v) is 5.06. The molecule has 0 heterocycles. The Bertz CT molecular complexity index is 422. The Morgan fingerprint density at radius 2 is 1.12 bits per heavy atom. The van der Waals surface area contributed by atoms with Gasteiger partial charge in [0.25, 0.3) is 0 Å². The van der Waals surface area contributed by atoms with Crippen molar-refractivity contribution in [3.63, 3.8) is 0 Å². The van der Waals surface area contributed by atoms with E-state index in [1.54, 1.807) is 0 Å². The summed E-state index contributed by atoms with van der Waals surface area (Å²) in [5, 5.41) is 8.09. The minimum atomic E-state index is -0.134. The maximum absolute atomic E-state index is 11.7. The predicted molar refractivity (Wildman–Crippen MR) is 100 cm³/mol. The van der Waals surface area contributed by atoms with Gasteiger partial charge >= 0.3 is 0 Å². The van der Waals surface area contributed by atoms with Crippen LogP contribution in [0, 0.1) is 11.8 Å². The van der Waals surface area contributed by atoms with Gasteiger partial charge in [-0.05, 0) is 43.9 Å². The molecule has 2 aliphatic carbocycles. The van der Waals surface area contributed by atoms with Crippen molar-refractivity contribution in [2.75, 3.05) is 0 Å². The molecular formula is C19H32N4O2. The molecule has 0 aromatic rings. The number of hydrogen-bond acceptors (Lipinski definition) is 4. The second-order valence-electron chi connectivity index (χ2n) is 7.28. The molecule has 0 atom stereocenters. The van der Waals surface area contributed by atoms with Crippen LogP contribution in [0.2, 0.25) is 0 Å². The summed E-state index contributed by atoms with van der Waals surface area (Å²) in [6.45, 7) is 0. The van der Waals surface area contributed by atoms with Crippen LogP contribution in [0.4, 0.5) is 0 Å². The van der Waals surface area contributed by atoms with Crippen LogP contribution in [0.3, 0.4) is 0 Å². The highest BCUT2D eigenvalue weighted by atomic mass is 16.2. The van der Waals surface area contributed by atoms with E-state index in [9.17, 15) is 9.59 Å². The van der Waals surface area contributed by atoms with Crippen molar-refractivity contribution in [3.8, 4) is 0 Å². The number of amides is 2. The van der Waals surface area contributed by atoms with E-state index in [-0.39, 0.29) is 11.8 Å². The third-order valence-electron chi connectivity index (χ3n) is 5.06. The van der Waals surface area contributed by atoms with Gasteiger partial charge in [0.1, 0.15) is 0 Å². The molecule has 6 nitrogen and oxygen atoms in total. The Hall–Kier alpha value is -1.72. The summed E-state index contributed by atoms with van der Waals surface area (Å²) in [5.74, 6) is 0.736. The summed E-state index contributed by atoms with van der Waals surface area (Å²) in [4.78, 5) is 23.4. The number of carbonyl (C=O) groups is 2. The van der Waals surface area contributed by atoms with E-state index < -0.39 is 0 Å². The lowest BCUT2D eigenvalue weighted by molar-refractivity contribution is -0.122. The minimum Gasteiger partial charge on any atom is -0.273 e. The molecular weight excluding hydrogens is 316 g/mol. The maximum Gasteiger partial charge on any atom is 0.240 e. The van der Waals surface area contributed by atoms with Crippen LogP contribution >= 0.6 is 0 Å². The number of hydrogen-bond donors (Lipinski definition) is 2. The van der Waals surface area contributed by atoms with E-state index in [0.29, 0.717) is 31.1 Å². The molecule has 6 heteroatoms. The lowest BCUT2D eigenvalue weighted by atomic mass is 9.90. The Kier molecular flexibility index (Phi) is 9.23. The van der Waals surface area contributed by atoms with Crippen LogP contribution in [-0.4, -0.2) is 24.2 Å². The molecule has 0 unspecified atom stereocenters. The monoisotopic (exact) mass is 348 g/mol. The van der Waals surface area contributed by atoms with E-state index in [4.69, 9.17) is 0 Å². The van der Waals surface area contributed by atoms with Gasteiger partial charge in [0.15, 0.2) is 0 Å². The van der Waals surface area contributed by atoms with Crippen molar-refractivity contribution in [1.29, 1.82) is 0 Å². The fraction of sp³-hybridized carbons (Fsp3) is 0.789. The van der Waals surface area contributed by atoms with Gasteiger partial charge in [0, 0.05) is 25.3 Å². The highest BCUT2D eigenvalue weighted by Crippen LogP contribution is 2.22. The smallest absolute Gasteiger partial charge is 0.240 e. The van der Waals surface area contributed by atoms with E-state index in [2.05, 4.69) is 21.1 Å². The summed E-state index contributed by atoms with van der Waals surface area (Å²) < 4.78 is 0. The molecule has 0 aromatic carbocycles. The Labute approximate surface area is 150 Å². The zero-order valence-electron chi connectivity index (χ0n) is 15.2. The fourth-order valence-electron chi connectivity index (χ4n) is 3.52. The van der Waals surface area contributed by atoms with Crippen molar-refractivity contribution in [3.05, 3.63) is 0 Å². The third kappa shape index (κ3) is 8.79. The number of nitrogens with zero attached hydrogens (tertiary/aromatic N) is 2. The van der Waals surface area contributed by atoms with Gasteiger partial charge in [-0.15, -0.1) is 0 Å². The molecule has 2 saturated carbocycles. The Morgan fingerprint density at radius 3 is 1.52 bits per heavy atom. The highest BCUT2D eigenvalue weighted by molar-refractivity contribution is 5.79. The highest BCUT2D eigenvalue weighted by Gasteiger charge is 2.12. The van der Waals surface area contributed by atoms with Crippen molar-refractivity contribution in [2.45, 2.75) is 83.5 Å². The van der Waals surface area contributed by atoms with E-state index in [1.165, 1.54) is 64.2 Å². The largest absolute Gasteiger partial charge is 0.273 e. The number of rotatable bonds is 8. The summed E-state index contributed by atoms with van der Waals surface area (Å²) in [5.41, 5.74) is 5.12. The molecule has 2 aliphatic rings. The second kappa shape index (κ2) is 11.8. The molecule has 0 radical (unpaired) electrons. The molecule has 0 aliphatic heterocycles. The number of nitrogens with one attached hydrogen (secondary N) is 2. The lowest BCUT2D eigenvalue weighted by Gasteiger charge is -2.16. The number of hydrazone groups is 2. The van der Waals surface area contributed by atoms with Gasteiger partial charge in [0.2, 0.25) is 11.8 Å². The van der Waals surface area contributed by atoms with Gasteiger partial charge in [-0.3, -0.25) is 9.59 Å². The van der Waals surface area contributed by atoms with Crippen LogP contribution in [0.1, 0.15) is 83.5 Å². The van der Waals surface area contributed by atoms with Crippen LogP contribution in [0.25, 0.3) is 0 Å². The van der Waals surface area contributed by atoms with Crippen molar-refractivity contribution in [2.24, 2.45) is 22.0 Å². The van der Waals surface area contributed by atoms with Crippen molar-refractivity contribution in [1.82, 2.24) is 10.9 Å². The summed E-state index contributed by atoms with van der Waals surface area (Å²) in [6, 6.07) is 0.